The van der Waals surface area contributed by atoms with Gasteiger partial charge < -0.3 is 15.0 Å². The fourth-order valence-electron chi connectivity index (χ4n) is 3.89. The number of nitrogens with one attached hydrogen (secondary N) is 1. The predicted octanol–water partition coefficient (Wildman–Crippen LogP) is 3.21. The van der Waals surface area contributed by atoms with Crippen LogP contribution >= 0.6 is 0 Å². The summed E-state index contributed by atoms with van der Waals surface area (Å²) >= 11 is 0. The molecule has 0 bridgehead atoms. The van der Waals surface area contributed by atoms with Gasteiger partial charge in [0.15, 0.2) is 17.2 Å². The summed E-state index contributed by atoms with van der Waals surface area (Å²) in [6.07, 6.45) is -1.63. The van der Waals surface area contributed by atoms with E-state index in [-0.39, 0.29) is 12.3 Å². The first-order chi connectivity index (χ1) is 15.3. The Labute approximate surface area is 180 Å². The molecule has 2 aromatic heterocycles. The van der Waals surface area contributed by atoms with Crippen LogP contribution in [0, 0.1) is 5.82 Å². The average molecular weight is 449 g/mol. The molecule has 1 saturated heterocycles. The van der Waals surface area contributed by atoms with Crippen molar-refractivity contribution in [3.8, 4) is 5.75 Å². The van der Waals surface area contributed by atoms with Crippen molar-refractivity contribution >= 4 is 22.9 Å². The van der Waals surface area contributed by atoms with Gasteiger partial charge in [0.25, 0.3) is 0 Å². The Morgan fingerprint density at radius 1 is 1.19 bits per heavy atom. The number of alkyl halides is 3. The first-order valence-electron chi connectivity index (χ1n) is 9.80. The molecule has 32 heavy (non-hydrogen) atoms. The van der Waals surface area contributed by atoms with Gasteiger partial charge in [-0.25, -0.2) is 14.4 Å². The van der Waals surface area contributed by atoms with Gasteiger partial charge in [0.2, 0.25) is 0 Å². The Bertz CT molecular complexity index is 1140. The van der Waals surface area contributed by atoms with Gasteiger partial charge in [-0.2, -0.15) is 13.2 Å². The Hall–Kier alpha value is -3.50. The number of benzene rings is 1. The molecule has 1 fully saturated rings. The van der Waals surface area contributed by atoms with Gasteiger partial charge in [-0.3, -0.25) is 9.78 Å². The third kappa shape index (κ3) is 4.41. The van der Waals surface area contributed by atoms with Crippen LogP contribution in [0.15, 0.2) is 42.7 Å². The number of carbonyl (C=O) groups excluding carboxylic acids is 1. The summed E-state index contributed by atoms with van der Waals surface area (Å²) < 4.78 is 58.0. The number of methoxy groups -OCH3 is 1. The lowest BCUT2D eigenvalue weighted by Gasteiger charge is -2.40. The highest BCUT2D eigenvalue weighted by atomic mass is 19.4. The van der Waals surface area contributed by atoms with Crippen molar-refractivity contribution in [1.29, 1.82) is 0 Å². The normalized spacial score (nSPS) is 19.1. The van der Waals surface area contributed by atoms with E-state index < -0.39 is 29.9 Å². The largest absolute Gasteiger partial charge is 0.494 e. The molecule has 168 valence electrons. The number of hydrogen-bond acceptors (Lipinski definition) is 6. The Morgan fingerprint density at radius 2 is 1.97 bits per heavy atom. The molecule has 0 saturated carbocycles. The molecule has 4 rings (SSSR count). The van der Waals surface area contributed by atoms with Crippen molar-refractivity contribution in [1.82, 2.24) is 20.3 Å². The molecule has 3 aromatic rings. The fourth-order valence-corrected chi connectivity index (χ4v) is 3.89. The zero-order valence-electron chi connectivity index (χ0n) is 16.9. The molecule has 0 radical (unpaired) electrons. The standard InChI is InChI=1S/C21H19F4N5O2/c1-32-17-4-2-12(10-14(17)22)13-6-9-30(11-16(13)28-20(31)21(23,24)25)18-5-3-15-19(29-18)27-8-7-26-15/h2-5,7-8,10,13,16H,6,9,11H2,1H3,(H,28,31). The Balaban J connectivity index is 1.63. The lowest BCUT2D eigenvalue weighted by atomic mass is 9.85. The molecule has 1 aromatic carbocycles. The van der Waals surface area contributed by atoms with Crippen LogP contribution in [0.2, 0.25) is 0 Å². The van der Waals surface area contributed by atoms with E-state index in [2.05, 4.69) is 20.3 Å². The average Bonchev–Trinajstić information content (AvgIpc) is 2.78. The number of aromatic nitrogens is 3. The smallest absolute Gasteiger partial charge is 0.471 e. The van der Waals surface area contributed by atoms with Crippen molar-refractivity contribution in [2.45, 2.75) is 24.6 Å². The first-order valence-corrected chi connectivity index (χ1v) is 9.80. The number of carbonyl (C=O) groups is 1. The van der Waals surface area contributed by atoms with Crippen molar-refractivity contribution in [3.63, 3.8) is 0 Å². The van der Waals surface area contributed by atoms with Gasteiger partial charge in [0.1, 0.15) is 11.3 Å². The molecule has 1 N–H and O–H groups in total. The van der Waals surface area contributed by atoms with Crippen LogP contribution in [-0.2, 0) is 4.79 Å². The summed E-state index contributed by atoms with van der Waals surface area (Å²) in [6, 6.07) is 6.74. The number of anilines is 1. The Morgan fingerprint density at radius 3 is 2.69 bits per heavy atom. The third-order valence-corrected chi connectivity index (χ3v) is 5.43. The summed E-state index contributed by atoms with van der Waals surface area (Å²) in [7, 11) is 1.32. The van der Waals surface area contributed by atoms with Gasteiger partial charge in [-0.1, -0.05) is 6.07 Å². The van der Waals surface area contributed by atoms with E-state index in [9.17, 15) is 22.4 Å². The van der Waals surface area contributed by atoms with Crippen LogP contribution < -0.4 is 15.0 Å². The summed E-state index contributed by atoms with van der Waals surface area (Å²) in [6.45, 7) is 0.494. The highest BCUT2D eigenvalue weighted by Gasteiger charge is 2.42. The van der Waals surface area contributed by atoms with E-state index in [4.69, 9.17) is 4.74 Å². The fraction of sp³-hybridized carbons (Fsp3) is 0.333. The van der Waals surface area contributed by atoms with Crippen LogP contribution in [0.25, 0.3) is 11.2 Å². The van der Waals surface area contributed by atoms with Gasteiger partial charge in [0.05, 0.1) is 13.2 Å². The summed E-state index contributed by atoms with van der Waals surface area (Å²) in [5.41, 5.74) is 1.47. The number of fused-ring (bicyclic) bond motifs is 1. The van der Waals surface area contributed by atoms with E-state index in [1.165, 1.54) is 31.6 Å². The van der Waals surface area contributed by atoms with E-state index in [1.807, 2.05) is 0 Å². The van der Waals surface area contributed by atoms with Crippen LogP contribution in [0.1, 0.15) is 17.9 Å². The second kappa shape index (κ2) is 8.56. The molecule has 0 aliphatic carbocycles. The molecular weight excluding hydrogens is 430 g/mol. The number of ether oxygens (including phenoxy) is 1. The topological polar surface area (TPSA) is 80.2 Å². The number of nitrogens with zero attached hydrogens (tertiary/aromatic N) is 4. The van der Waals surface area contributed by atoms with Crippen molar-refractivity contribution < 1.29 is 27.1 Å². The molecule has 3 heterocycles. The molecule has 0 spiro atoms. The minimum absolute atomic E-state index is 0.0311. The van der Waals surface area contributed by atoms with E-state index in [0.717, 1.165) is 0 Å². The van der Waals surface area contributed by atoms with Gasteiger partial charge in [-0.05, 0) is 36.2 Å². The number of amides is 1. The van der Waals surface area contributed by atoms with Crippen molar-refractivity contribution in [3.05, 3.63) is 54.1 Å². The molecule has 7 nitrogen and oxygen atoms in total. The number of rotatable bonds is 4. The number of pyridine rings is 1. The summed E-state index contributed by atoms with van der Waals surface area (Å²) in [5, 5.41) is 2.08. The van der Waals surface area contributed by atoms with E-state index in [0.29, 0.717) is 35.5 Å². The lowest BCUT2D eigenvalue weighted by molar-refractivity contribution is -0.174. The highest BCUT2D eigenvalue weighted by molar-refractivity contribution is 5.82. The number of halogens is 4. The SMILES string of the molecule is COc1ccc(C2CCN(c3ccc4nccnc4n3)CC2NC(=O)C(F)(F)F)cc1F. The van der Waals surface area contributed by atoms with Crippen molar-refractivity contribution in [2.24, 2.45) is 0 Å². The molecule has 2 unspecified atom stereocenters. The number of hydrogen-bond donors (Lipinski definition) is 1. The molecule has 11 heteroatoms. The van der Waals surface area contributed by atoms with Crippen LogP contribution in [0.3, 0.4) is 0 Å². The van der Waals surface area contributed by atoms with Gasteiger partial charge in [-0.15, -0.1) is 0 Å². The predicted molar refractivity (Wildman–Crippen MR) is 108 cm³/mol. The summed E-state index contributed by atoms with van der Waals surface area (Å²) in [4.78, 5) is 26.2. The van der Waals surface area contributed by atoms with E-state index in [1.54, 1.807) is 23.1 Å². The molecule has 2 atom stereocenters. The second-order valence-corrected chi connectivity index (χ2v) is 7.38. The maximum absolute atomic E-state index is 14.2. The molecule has 1 aliphatic heterocycles. The van der Waals surface area contributed by atoms with E-state index >= 15 is 0 Å². The summed E-state index contributed by atoms with van der Waals surface area (Å²) in [5.74, 6) is -2.66. The van der Waals surface area contributed by atoms with Gasteiger partial charge >= 0.3 is 12.1 Å². The van der Waals surface area contributed by atoms with Gasteiger partial charge in [0, 0.05) is 31.4 Å². The Kier molecular flexibility index (Phi) is 5.81. The van der Waals surface area contributed by atoms with Crippen LogP contribution in [0.5, 0.6) is 5.75 Å². The minimum Gasteiger partial charge on any atom is -0.494 e. The van der Waals surface area contributed by atoms with Crippen LogP contribution in [0.4, 0.5) is 23.4 Å². The molecule has 1 amide bonds. The van der Waals surface area contributed by atoms with Crippen LogP contribution in [-0.4, -0.2) is 53.3 Å². The highest BCUT2D eigenvalue weighted by Crippen LogP contribution is 2.33. The molecule has 1 aliphatic rings. The quantitative estimate of drug-likeness (QED) is 0.617. The minimum atomic E-state index is -5.03. The third-order valence-electron chi connectivity index (χ3n) is 5.43. The zero-order chi connectivity index (χ0) is 22.9. The zero-order valence-corrected chi connectivity index (χ0v) is 16.9. The second-order valence-electron chi connectivity index (χ2n) is 7.38. The first kappa shape index (κ1) is 21.7. The number of piperidine rings is 1. The lowest BCUT2D eigenvalue weighted by Crippen LogP contribution is -2.54. The molecular formula is C21H19F4N5O2. The monoisotopic (exact) mass is 449 g/mol. The van der Waals surface area contributed by atoms with Crippen molar-refractivity contribution in [2.75, 3.05) is 25.1 Å². The maximum Gasteiger partial charge on any atom is 0.471 e. The maximum atomic E-state index is 14.2.